The highest BCUT2D eigenvalue weighted by Crippen LogP contribution is 2.39. The summed E-state index contributed by atoms with van der Waals surface area (Å²) >= 11 is 5.31. The van der Waals surface area contributed by atoms with Gasteiger partial charge in [0.25, 0.3) is 0 Å². The molecule has 21 heavy (non-hydrogen) atoms. The predicted octanol–water partition coefficient (Wildman–Crippen LogP) is 4.39. The van der Waals surface area contributed by atoms with Crippen molar-refractivity contribution in [2.45, 2.75) is 49.6 Å². The number of thioether (sulfide) groups is 1. The van der Waals surface area contributed by atoms with Crippen LogP contribution in [0.15, 0.2) is 27.8 Å². The first-order chi connectivity index (χ1) is 10.2. The van der Waals surface area contributed by atoms with Crippen LogP contribution in [-0.4, -0.2) is 22.8 Å². The van der Waals surface area contributed by atoms with Crippen molar-refractivity contribution in [3.63, 3.8) is 0 Å². The molecule has 1 heterocycles. The van der Waals surface area contributed by atoms with E-state index in [1.807, 2.05) is 18.3 Å². The predicted molar refractivity (Wildman–Crippen MR) is 91.3 cm³/mol. The highest BCUT2D eigenvalue weighted by atomic mass is 79.9. The SMILES string of the molecule is CCCNC1(C#N)CCCC1CCSc1ncccc1Br. The molecule has 1 fully saturated rings. The van der Waals surface area contributed by atoms with E-state index in [-0.39, 0.29) is 5.54 Å². The molecule has 0 radical (unpaired) electrons. The first kappa shape index (κ1) is 16.8. The van der Waals surface area contributed by atoms with E-state index in [0.717, 1.165) is 53.9 Å². The van der Waals surface area contributed by atoms with Crippen LogP contribution in [0.1, 0.15) is 39.0 Å². The Morgan fingerprint density at radius 2 is 2.48 bits per heavy atom. The maximum absolute atomic E-state index is 9.63. The Kier molecular flexibility index (Phi) is 6.53. The second-order valence-corrected chi connectivity index (χ2v) is 7.46. The third-order valence-electron chi connectivity index (χ3n) is 4.14. The second kappa shape index (κ2) is 8.17. The smallest absolute Gasteiger partial charge is 0.110 e. The number of aromatic nitrogens is 1. The van der Waals surface area contributed by atoms with Gasteiger partial charge in [-0.15, -0.1) is 11.8 Å². The maximum Gasteiger partial charge on any atom is 0.110 e. The number of hydrogen-bond acceptors (Lipinski definition) is 4. The summed E-state index contributed by atoms with van der Waals surface area (Å²) in [5, 5.41) is 14.2. The van der Waals surface area contributed by atoms with Gasteiger partial charge in [0.05, 0.1) is 6.07 Å². The molecule has 2 unspecified atom stereocenters. The van der Waals surface area contributed by atoms with Crippen LogP contribution in [-0.2, 0) is 0 Å². The molecule has 0 spiro atoms. The fraction of sp³-hybridized carbons (Fsp3) is 0.625. The van der Waals surface area contributed by atoms with Crippen LogP contribution in [0.5, 0.6) is 0 Å². The number of nitriles is 1. The van der Waals surface area contributed by atoms with Crippen molar-refractivity contribution in [3.8, 4) is 6.07 Å². The zero-order valence-corrected chi connectivity index (χ0v) is 14.8. The molecular weight excluding hydrogens is 346 g/mol. The van der Waals surface area contributed by atoms with Gasteiger partial charge in [0.2, 0.25) is 0 Å². The van der Waals surface area contributed by atoms with Gasteiger partial charge in [0.1, 0.15) is 10.6 Å². The summed E-state index contributed by atoms with van der Waals surface area (Å²) in [4.78, 5) is 4.38. The monoisotopic (exact) mass is 367 g/mol. The van der Waals surface area contributed by atoms with E-state index >= 15 is 0 Å². The highest BCUT2D eigenvalue weighted by Gasteiger charge is 2.42. The number of nitrogens with zero attached hydrogens (tertiary/aromatic N) is 2. The van der Waals surface area contributed by atoms with Crippen LogP contribution in [0.25, 0.3) is 0 Å². The van der Waals surface area contributed by atoms with Gasteiger partial charge in [-0.05, 0) is 72.0 Å². The fourth-order valence-electron chi connectivity index (χ4n) is 3.01. The molecule has 1 saturated carbocycles. The molecule has 1 N–H and O–H groups in total. The van der Waals surface area contributed by atoms with Crippen LogP contribution in [0.2, 0.25) is 0 Å². The summed E-state index contributed by atoms with van der Waals surface area (Å²) in [7, 11) is 0. The van der Waals surface area contributed by atoms with Gasteiger partial charge in [-0.3, -0.25) is 5.32 Å². The fourth-order valence-corrected chi connectivity index (χ4v) is 4.55. The summed E-state index contributed by atoms with van der Waals surface area (Å²) in [6.07, 6.45) is 7.28. The molecule has 0 aliphatic heterocycles. The van der Waals surface area contributed by atoms with Crippen LogP contribution >= 0.6 is 27.7 Å². The van der Waals surface area contributed by atoms with Gasteiger partial charge in [0, 0.05) is 10.7 Å². The van der Waals surface area contributed by atoms with Gasteiger partial charge in [-0.2, -0.15) is 5.26 Å². The molecule has 1 aliphatic rings. The lowest BCUT2D eigenvalue weighted by Crippen LogP contribution is -2.47. The third kappa shape index (κ3) is 4.21. The van der Waals surface area contributed by atoms with Crippen molar-refractivity contribution >= 4 is 27.7 Å². The number of hydrogen-bond donors (Lipinski definition) is 1. The van der Waals surface area contributed by atoms with E-state index in [1.54, 1.807) is 11.8 Å². The van der Waals surface area contributed by atoms with Gasteiger partial charge < -0.3 is 0 Å². The summed E-state index contributed by atoms with van der Waals surface area (Å²) in [6.45, 7) is 3.08. The number of halogens is 1. The molecule has 1 aliphatic carbocycles. The van der Waals surface area contributed by atoms with Crippen LogP contribution in [0.3, 0.4) is 0 Å². The Balaban J connectivity index is 1.90. The molecule has 1 aromatic heterocycles. The summed E-state index contributed by atoms with van der Waals surface area (Å²) in [5.41, 5.74) is -0.294. The lowest BCUT2D eigenvalue weighted by Gasteiger charge is -2.30. The van der Waals surface area contributed by atoms with Crippen molar-refractivity contribution in [3.05, 3.63) is 22.8 Å². The summed E-state index contributed by atoms with van der Waals surface area (Å²) in [5.74, 6) is 1.47. The summed E-state index contributed by atoms with van der Waals surface area (Å²) < 4.78 is 1.05. The lowest BCUT2D eigenvalue weighted by molar-refractivity contribution is 0.311. The first-order valence-corrected chi connectivity index (χ1v) is 9.39. The molecule has 0 amide bonds. The molecule has 5 heteroatoms. The quantitative estimate of drug-likeness (QED) is 0.726. The zero-order valence-electron chi connectivity index (χ0n) is 12.4. The van der Waals surface area contributed by atoms with Crippen LogP contribution in [0, 0.1) is 17.2 Å². The first-order valence-electron chi connectivity index (χ1n) is 7.61. The molecule has 2 rings (SSSR count). The zero-order chi connectivity index (χ0) is 15.1. The molecule has 0 bridgehead atoms. The second-order valence-electron chi connectivity index (χ2n) is 5.53. The molecule has 114 valence electrons. The highest BCUT2D eigenvalue weighted by molar-refractivity contribution is 9.10. The van der Waals surface area contributed by atoms with E-state index in [4.69, 9.17) is 0 Å². The third-order valence-corrected chi connectivity index (χ3v) is 6.08. The Labute approximate surface area is 140 Å². The topological polar surface area (TPSA) is 48.7 Å². The van der Waals surface area contributed by atoms with E-state index in [9.17, 15) is 5.26 Å². The molecular formula is C16H22BrN3S. The van der Waals surface area contributed by atoms with Gasteiger partial charge in [-0.25, -0.2) is 4.98 Å². The number of rotatable bonds is 7. The van der Waals surface area contributed by atoms with Gasteiger partial charge in [0.15, 0.2) is 0 Å². The van der Waals surface area contributed by atoms with Crippen molar-refractivity contribution in [1.82, 2.24) is 10.3 Å². The normalized spacial score (nSPS) is 24.9. The minimum atomic E-state index is -0.294. The van der Waals surface area contributed by atoms with Crippen molar-refractivity contribution in [1.29, 1.82) is 5.26 Å². The van der Waals surface area contributed by atoms with Crippen LogP contribution in [0.4, 0.5) is 0 Å². The number of nitrogens with one attached hydrogen (secondary N) is 1. The standard InChI is InChI=1S/C16H22BrN3S/c1-2-9-20-16(12-18)8-3-5-13(16)7-11-21-15-14(17)6-4-10-19-15/h4,6,10,13,20H,2-3,5,7-9,11H2,1H3. The Hall–Kier alpha value is -0.570. The lowest BCUT2D eigenvalue weighted by atomic mass is 9.86. The molecule has 0 saturated heterocycles. The molecule has 2 atom stereocenters. The minimum absolute atomic E-state index is 0.294. The van der Waals surface area contributed by atoms with E-state index in [1.165, 1.54) is 0 Å². The van der Waals surface area contributed by atoms with E-state index in [0.29, 0.717) is 5.92 Å². The Bertz CT molecular complexity index is 503. The van der Waals surface area contributed by atoms with Gasteiger partial charge in [-0.1, -0.05) is 13.3 Å². The minimum Gasteiger partial charge on any atom is -0.299 e. The van der Waals surface area contributed by atoms with Gasteiger partial charge >= 0.3 is 0 Å². The average molecular weight is 368 g/mol. The molecule has 1 aromatic rings. The van der Waals surface area contributed by atoms with Crippen LogP contribution < -0.4 is 5.32 Å². The summed E-state index contributed by atoms with van der Waals surface area (Å²) in [6, 6.07) is 6.53. The number of pyridine rings is 1. The Morgan fingerprint density at radius 3 is 3.19 bits per heavy atom. The van der Waals surface area contributed by atoms with Crippen molar-refractivity contribution in [2.24, 2.45) is 5.92 Å². The Morgan fingerprint density at radius 1 is 1.62 bits per heavy atom. The average Bonchev–Trinajstić information content (AvgIpc) is 2.90. The van der Waals surface area contributed by atoms with Crippen molar-refractivity contribution < 1.29 is 0 Å². The van der Waals surface area contributed by atoms with E-state index in [2.05, 4.69) is 39.2 Å². The van der Waals surface area contributed by atoms with Crippen molar-refractivity contribution in [2.75, 3.05) is 12.3 Å². The molecule has 3 nitrogen and oxygen atoms in total. The van der Waals surface area contributed by atoms with E-state index < -0.39 is 0 Å². The largest absolute Gasteiger partial charge is 0.299 e. The maximum atomic E-state index is 9.63. The molecule has 0 aromatic carbocycles.